The fourth-order valence-corrected chi connectivity index (χ4v) is 6.67. The van der Waals surface area contributed by atoms with Crippen molar-refractivity contribution < 1.29 is 19.5 Å². The van der Waals surface area contributed by atoms with Crippen LogP contribution in [0, 0.1) is 17.3 Å². The Hall–Kier alpha value is -1.89. The van der Waals surface area contributed by atoms with Gasteiger partial charge in [0.05, 0.1) is 17.7 Å². The SMILES string of the molecule is CC(C)c1cc2c(cc1Br)[C@@]1(C)CCC[C@@](C)(C(=O)O)[C@@H]1C/C2=N\OCCNC(=O)C1CC1. The van der Waals surface area contributed by atoms with Gasteiger partial charge in [0.1, 0.15) is 6.61 Å². The van der Waals surface area contributed by atoms with E-state index in [1.165, 1.54) is 5.56 Å². The van der Waals surface area contributed by atoms with Gasteiger partial charge in [-0.05, 0) is 79.5 Å². The molecule has 7 heteroatoms. The number of aliphatic carboxylic acids is 1. The van der Waals surface area contributed by atoms with Gasteiger partial charge < -0.3 is 15.3 Å². The molecule has 0 aromatic heterocycles. The highest BCUT2D eigenvalue weighted by Crippen LogP contribution is 2.58. The number of benzene rings is 1. The number of hydrogen-bond donors (Lipinski definition) is 2. The Balaban J connectivity index is 1.67. The highest BCUT2D eigenvalue weighted by Gasteiger charge is 2.56. The van der Waals surface area contributed by atoms with Crippen LogP contribution in [-0.2, 0) is 19.8 Å². The lowest BCUT2D eigenvalue weighted by Crippen LogP contribution is -2.53. The summed E-state index contributed by atoms with van der Waals surface area (Å²) in [7, 11) is 0. The number of carboxylic acids is 1. The molecule has 1 amide bonds. The van der Waals surface area contributed by atoms with Crippen LogP contribution in [0.25, 0.3) is 0 Å². The first-order chi connectivity index (χ1) is 15.6. The van der Waals surface area contributed by atoms with E-state index in [-0.39, 0.29) is 23.2 Å². The second kappa shape index (κ2) is 9.05. The molecular formula is C26H35BrN2O4. The first kappa shape index (κ1) is 24.2. The van der Waals surface area contributed by atoms with E-state index in [4.69, 9.17) is 4.84 Å². The molecule has 2 fully saturated rings. The number of fused-ring (bicyclic) bond motifs is 3. The number of oxime groups is 1. The van der Waals surface area contributed by atoms with Crippen LogP contribution in [0.3, 0.4) is 0 Å². The molecule has 4 rings (SSSR count). The first-order valence-electron chi connectivity index (χ1n) is 12.1. The Morgan fingerprint density at radius 3 is 2.64 bits per heavy atom. The van der Waals surface area contributed by atoms with Crippen LogP contribution < -0.4 is 5.32 Å². The van der Waals surface area contributed by atoms with Crippen molar-refractivity contribution in [3.63, 3.8) is 0 Å². The average Bonchev–Trinajstić information content (AvgIpc) is 3.59. The van der Waals surface area contributed by atoms with Crippen molar-refractivity contribution in [2.24, 2.45) is 22.4 Å². The molecule has 1 aromatic carbocycles. The molecule has 0 spiro atoms. The molecule has 0 unspecified atom stereocenters. The minimum Gasteiger partial charge on any atom is -0.481 e. The number of rotatable bonds is 7. The smallest absolute Gasteiger partial charge is 0.309 e. The van der Waals surface area contributed by atoms with E-state index in [1.807, 2.05) is 6.92 Å². The lowest BCUT2D eigenvalue weighted by molar-refractivity contribution is -0.156. The Morgan fingerprint density at radius 1 is 1.27 bits per heavy atom. The van der Waals surface area contributed by atoms with Gasteiger partial charge in [0.15, 0.2) is 0 Å². The Kier molecular flexibility index (Phi) is 6.64. The molecule has 2 N–H and O–H groups in total. The average molecular weight is 519 g/mol. The van der Waals surface area contributed by atoms with Gasteiger partial charge in [-0.25, -0.2) is 0 Å². The molecule has 0 heterocycles. The Labute approximate surface area is 204 Å². The topological polar surface area (TPSA) is 88.0 Å². The van der Waals surface area contributed by atoms with E-state index in [0.717, 1.165) is 47.0 Å². The number of nitrogens with zero attached hydrogens (tertiary/aromatic N) is 1. The molecule has 0 bridgehead atoms. The molecule has 180 valence electrons. The largest absolute Gasteiger partial charge is 0.481 e. The van der Waals surface area contributed by atoms with Crippen LogP contribution in [0.2, 0.25) is 0 Å². The summed E-state index contributed by atoms with van der Waals surface area (Å²) < 4.78 is 1.06. The number of carbonyl (C=O) groups is 2. The Morgan fingerprint density at radius 2 is 2.00 bits per heavy atom. The van der Waals surface area contributed by atoms with Crippen LogP contribution >= 0.6 is 15.9 Å². The van der Waals surface area contributed by atoms with Gasteiger partial charge in [0, 0.05) is 16.0 Å². The van der Waals surface area contributed by atoms with Gasteiger partial charge in [-0.3, -0.25) is 9.59 Å². The van der Waals surface area contributed by atoms with Crippen LogP contribution in [0.1, 0.15) is 88.8 Å². The van der Waals surface area contributed by atoms with Crippen molar-refractivity contribution in [1.82, 2.24) is 5.32 Å². The van der Waals surface area contributed by atoms with Crippen LogP contribution in [0.5, 0.6) is 0 Å². The summed E-state index contributed by atoms with van der Waals surface area (Å²) in [4.78, 5) is 29.9. The highest BCUT2D eigenvalue weighted by molar-refractivity contribution is 9.10. The summed E-state index contributed by atoms with van der Waals surface area (Å²) in [5.74, 6) is -0.200. The number of carbonyl (C=O) groups excluding carboxylic acids is 1. The van der Waals surface area contributed by atoms with Crippen molar-refractivity contribution in [2.45, 2.75) is 77.6 Å². The summed E-state index contributed by atoms with van der Waals surface area (Å²) in [5, 5.41) is 17.6. The predicted molar refractivity (Wildman–Crippen MR) is 132 cm³/mol. The fraction of sp³-hybridized carbons (Fsp3) is 0.654. The van der Waals surface area contributed by atoms with E-state index >= 15 is 0 Å². The zero-order valence-corrected chi connectivity index (χ0v) is 21.6. The molecule has 33 heavy (non-hydrogen) atoms. The van der Waals surface area contributed by atoms with E-state index in [1.54, 1.807) is 0 Å². The van der Waals surface area contributed by atoms with E-state index < -0.39 is 11.4 Å². The van der Waals surface area contributed by atoms with Crippen molar-refractivity contribution in [2.75, 3.05) is 13.2 Å². The van der Waals surface area contributed by atoms with Crippen molar-refractivity contribution in [3.05, 3.63) is 33.3 Å². The highest BCUT2D eigenvalue weighted by atomic mass is 79.9. The maximum absolute atomic E-state index is 12.4. The molecule has 0 radical (unpaired) electrons. The third-order valence-electron chi connectivity index (χ3n) is 8.12. The number of halogens is 1. The maximum atomic E-state index is 12.4. The lowest BCUT2D eigenvalue weighted by atomic mass is 9.49. The summed E-state index contributed by atoms with van der Waals surface area (Å²) in [6, 6.07) is 4.39. The third-order valence-corrected chi connectivity index (χ3v) is 8.80. The van der Waals surface area contributed by atoms with Crippen LogP contribution in [0.4, 0.5) is 0 Å². The van der Waals surface area contributed by atoms with Crippen LogP contribution in [0.15, 0.2) is 21.8 Å². The Bertz CT molecular complexity index is 987. The minimum atomic E-state index is -0.813. The number of carboxylic acid groups (broad SMARTS) is 1. The molecule has 6 nitrogen and oxygen atoms in total. The minimum absolute atomic E-state index is 0.0718. The molecule has 1 aromatic rings. The van der Waals surface area contributed by atoms with Gasteiger partial charge in [0.2, 0.25) is 5.91 Å². The van der Waals surface area contributed by atoms with Gasteiger partial charge in [0.25, 0.3) is 0 Å². The summed E-state index contributed by atoms with van der Waals surface area (Å²) >= 11 is 3.77. The third kappa shape index (κ3) is 4.45. The van der Waals surface area contributed by atoms with Crippen molar-refractivity contribution >= 4 is 33.5 Å². The standard InChI is InChI=1S/C26H35BrN2O4/c1-15(2)17-12-18-19(13-20(17)27)25(3)8-5-9-26(4,24(31)32)22(25)14-21(18)29-33-11-10-28-23(30)16-6-7-16/h12-13,15-16,22H,5-11,14H2,1-4H3,(H,28,30)(H,31,32)/b29-21+/t22-,25-,26-/m1/s1. The maximum Gasteiger partial charge on any atom is 0.309 e. The molecule has 3 aliphatic carbocycles. The van der Waals surface area contributed by atoms with Gasteiger partial charge in [-0.1, -0.05) is 48.3 Å². The lowest BCUT2D eigenvalue weighted by Gasteiger charge is -2.53. The zero-order valence-electron chi connectivity index (χ0n) is 20.0. The number of nitrogens with one attached hydrogen (secondary N) is 1. The first-order valence-corrected chi connectivity index (χ1v) is 12.9. The second-order valence-electron chi connectivity index (χ2n) is 10.8. The predicted octanol–water partition coefficient (Wildman–Crippen LogP) is 5.37. The van der Waals surface area contributed by atoms with Crippen molar-refractivity contribution in [1.29, 1.82) is 0 Å². The molecule has 3 atom stereocenters. The fourth-order valence-electron chi connectivity index (χ4n) is 5.87. The molecule has 2 saturated carbocycles. The van der Waals surface area contributed by atoms with Gasteiger partial charge in [-0.2, -0.15) is 0 Å². The summed E-state index contributed by atoms with van der Waals surface area (Å²) in [6.07, 6.45) is 5.04. The zero-order chi connectivity index (χ0) is 24.0. The molecular weight excluding hydrogens is 484 g/mol. The van der Waals surface area contributed by atoms with Gasteiger partial charge >= 0.3 is 5.97 Å². The quantitative estimate of drug-likeness (QED) is 0.375. The molecule has 0 saturated heterocycles. The van der Waals surface area contributed by atoms with Gasteiger partial charge in [-0.15, -0.1) is 0 Å². The normalized spacial score (nSPS) is 30.0. The number of amides is 1. The van der Waals surface area contributed by atoms with Crippen molar-refractivity contribution in [3.8, 4) is 0 Å². The van der Waals surface area contributed by atoms with Crippen LogP contribution in [-0.4, -0.2) is 35.8 Å². The monoisotopic (exact) mass is 518 g/mol. The summed E-state index contributed by atoms with van der Waals surface area (Å²) in [6.45, 7) is 9.17. The molecule has 3 aliphatic rings. The summed E-state index contributed by atoms with van der Waals surface area (Å²) in [5.41, 5.74) is 3.19. The number of hydrogen-bond acceptors (Lipinski definition) is 4. The van der Waals surface area contributed by atoms with E-state index in [0.29, 0.717) is 31.9 Å². The van der Waals surface area contributed by atoms with E-state index in [2.05, 4.69) is 59.3 Å². The van der Waals surface area contributed by atoms with E-state index in [9.17, 15) is 14.7 Å². The molecule has 0 aliphatic heterocycles. The second-order valence-corrected chi connectivity index (χ2v) is 11.6.